The van der Waals surface area contributed by atoms with Crippen molar-refractivity contribution in [2.45, 2.75) is 12.8 Å². The Balaban J connectivity index is 2.13. The van der Waals surface area contributed by atoms with Crippen LogP contribution in [0.3, 0.4) is 0 Å². The van der Waals surface area contributed by atoms with Crippen molar-refractivity contribution in [2.24, 2.45) is 0 Å². The van der Waals surface area contributed by atoms with Gasteiger partial charge in [0, 0.05) is 20.1 Å². The summed E-state index contributed by atoms with van der Waals surface area (Å²) >= 11 is 0. The Morgan fingerprint density at radius 2 is 2.09 bits per heavy atom. The van der Waals surface area contributed by atoms with Crippen LogP contribution in [0.25, 0.3) is 0 Å². The zero-order chi connectivity index (χ0) is 16.1. The van der Waals surface area contributed by atoms with Crippen molar-refractivity contribution in [3.05, 3.63) is 36.7 Å². The topological polar surface area (TPSA) is 52.7 Å². The van der Waals surface area contributed by atoms with Crippen molar-refractivity contribution in [3.8, 4) is 0 Å². The van der Waals surface area contributed by atoms with Crippen LogP contribution >= 0.6 is 0 Å². The number of nitrogens with one attached hydrogen (secondary N) is 1. The number of amides is 2. The maximum absolute atomic E-state index is 14.1. The number of likely N-dealkylation sites (N-methyl/N-ethyl adjacent to an activating group) is 1. The van der Waals surface area contributed by atoms with Crippen LogP contribution < -0.4 is 10.2 Å². The predicted molar refractivity (Wildman–Crippen MR) is 84.3 cm³/mol. The first-order valence-corrected chi connectivity index (χ1v) is 7.23. The van der Waals surface area contributed by atoms with Gasteiger partial charge < -0.3 is 15.1 Å². The van der Waals surface area contributed by atoms with E-state index < -0.39 is 11.7 Å². The summed E-state index contributed by atoms with van der Waals surface area (Å²) in [5.74, 6) is -1.28. The van der Waals surface area contributed by atoms with E-state index >= 15 is 0 Å². The maximum Gasteiger partial charge on any atom is 0.246 e. The van der Waals surface area contributed by atoms with Gasteiger partial charge in [0.1, 0.15) is 11.5 Å². The van der Waals surface area contributed by atoms with Crippen molar-refractivity contribution >= 4 is 23.2 Å². The van der Waals surface area contributed by atoms with E-state index in [1.807, 2.05) is 0 Å². The molecule has 1 aliphatic heterocycles. The van der Waals surface area contributed by atoms with Crippen molar-refractivity contribution in [3.63, 3.8) is 0 Å². The number of nitrogens with zero attached hydrogens (tertiary/aromatic N) is 2. The second kappa shape index (κ2) is 7.06. The Kier molecular flexibility index (Phi) is 5.14. The first-order chi connectivity index (χ1) is 10.5. The number of carbonyl (C=O) groups is 2. The van der Waals surface area contributed by atoms with Gasteiger partial charge in [0.2, 0.25) is 11.8 Å². The van der Waals surface area contributed by atoms with Crippen LogP contribution in [-0.2, 0) is 9.59 Å². The van der Waals surface area contributed by atoms with Crippen LogP contribution in [0.15, 0.2) is 30.9 Å². The molecule has 0 bridgehead atoms. The SMILES string of the molecule is C=CC(=O)N(C)CC(=O)Nc1c(F)cccc1N1CCCC1. The van der Waals surface area contributed by atoms with Crippen LogP contribution in [0.1, 0.15) is 12.8 Å². The van der Waals surface area contributed by atoms with Gasteiger partial charge in [-0.3, -0.25) is 9.59 Å². The number of carbonyl (C=O) groups excluding carboxylic acids is 2. The highest BCUT2D eigenvalue weighted by Crippen LogP contribution is 2.31. The molecular formula is C16H20FN3O2. The standard InChI is InChI=1S/C16H20FN3O2/c1-3-15(22)19(2)11-14(21)18-16-12(17)7-6-8-13(16)20-9-4-5-10-20/h3,6-8H,1,4-5,9-11H2,2H3,(H,18,21). The number of rotatable bonds is 5. The van der Waals surface area contributed by atoms with Gasteiger partial charge in [0.25, 0.3) is 0 Å². The molecule has 0 atom stereocenters. The van der Waals surface area contributed by atoms with Gasteiger partial charge in [-0.25, -0.2) is 4.39 Å². The molecule has 1 aromatic carbocycles. The number of halogens is 1. The average Bonchev–Trinajstić information content (AvgIpc) is 3.02. The largest absolute Gasteiger partial charge is 0.370 e. The van der Waals surface area contributed by atoms with E-state index in [2.05, 4.69) is 16.8 Å². The van der Waals surface area contributed by atoms with E-state index in [1.54, 1.807) is 12.1 Å². The van der Waals surface area contributed by atoms with Crippen LogP contribution in [0, 0.1) is 5.82 Å². The third kappa shape index (κ3) is 3.63. The lowest BCUT2D eigenvalue weighted by atomic mass is 10.2. The highest BCUT2D eigenvalue weighted by atomic mass is 19.1. The van der Waals surface area contributed by atoms with Crippen molar-refractivity contribution in [1.29, 1.82) is 0 Å². The molecule has 2 rings (SSSR count). The molecule has 2 amide bonds. The molecule has 0 unspecified atom stereocenters. The van der Waals surface area contributed by atoms with Crippen molar-refractivity contribution < 1.29 is 14.0 Å². The van der Waals surface area contributed by atoms with E-state index in [9.17, 15) is 14.0 Å². The zero-order valence-electron chi connectivity index (χ0n) is 12.6. The highest BCUT2D eigenvalue weighted by molar-refractivity contribution is 5.98. The molecular weight excluding hydrogens is 285 g/mol. The Morgan fingerprint density at radius 3 is 2.73 bits per heavy atom. The van der Waals surface area contributed by atoms with Crippen LogP contribution in [0.5, 0.6) is 0 Å². The number of hydrogen-bond donors (Lipinski definition) is 1. The van der Waals surface area contributed by atoms with Gasteiger partial charge in [-0.1, -0.05) is 12.6 Å². The summed E-state index contributed by atoms with van der Waals surface area (Å²) in [4.78, 5) is 26.7. The second-order valence-corrected chi connectivity index (χ2v) is 5.27. The van der Waals surface area contributed by atoms with Gasteiger partial charge >= 0.3 is 0 Å². The van der Waals surface area contributed by atoms with Gasteiger partial charge in [-0.2, -0.15) is 0 Å². The van der Waals surface area contributed by atoms with E-state index in [0.29, 0.717) is 5.69 Å². The number of benzene rings is 1. The molecule has 0 spiro atoms. The Labute approximate surface area is 129 Å². The first-order valence-electron chi connectivity index (χ1n) is 7.23. The van der Waals surface area contributed by atoms with E-state index in [0.717, 1.165) is 32.0 Å². The fourth-order valence-corrected chi connectivity index (χ4v) is 2.49. The van der Waals surface area contributed by atoms with Gasteiger partial charge in [-0.05, 0) is 31.1 Å². The first kappa shape index (κ1) is 16.0. The lowest BCUT2D eigenvalue weighted by Gasteiger charge is -2.22. The minimum absolute atomic E-state index is 0.154. The molecule has 1 fully saturated rings. The molecule has 1 N–H and O–H groups in total. The zero-order valence-corrected chi connectivity index (χ0v) is 12.6. The van der Waals surface area contributed by atoms with Gasteiger partial charge in [0.15, 0.2) is 0 Å². The number of anilines is 2. The molecule has 1 aromatic rings. The Bertz CT molecular complexity index is 583. The van der Waals surface area contributed by atoms with Crippen LogP contribution in [0.2, 0.25) is 0 Å². The molecule has 0 radical (unpaired) electrons. The molecule has 22 heavy (non-hydrogen) atoms. The normalized spacial score (nSPS) is 13.8. The second-order valence-electron chi connectivity index (χ2n) is 5.27. The molecule has 1 aliphatic rings. The van der Waals surface area contributed by atoms with E-state index in [-0.39, 0.29) is 18.1 Å². The van der Waals surface area contributed by atoms with E-state index in [1.165, 1.54) is 18.0 Å². The summed E-state index contributed by atoms with van der Waals surface area (Å²) in [6.45, 7) is 4.91. The molecule has 0 saturated carbocycles. The third-order valence-electron chi connectivity index (χ3n) is 3.63. The monoisotopic (exact) mass is 305 g/mol. The molecule has 0 aliphatic carbocycles. The molecule has 118 valence electrons. The van der Waals surface area contributed by atoms with Gasteiger partial charge in [0.05, 0.1) is 12.2 Å². The van der Waals surface area contributed by atoms with Gasteiger partial charge in [-0.15, -0.1) is 0 Å². The Hall–Kier alpha value is -2.37. The maximum atomic E-state index is 14.1. The highest BCUT2D eigenvalue weighted by Gasteiger charge is 2.20. The molecule has 6 heteroatoms. The quantitative estimate of drug-likeness (QED) is 0.847. The summed E-state index contributed by atoms with van der Waals surface area (Å²) in [6.07, 6.45) is 3.24. The number of para-hydroxylation sites is 1. The molecule has 5 nitrogen and oxygen atoms in total. The summed E-state index contributed by atoms with van der Waals surface area (Å²) in [6, 6.07) is 4.74. The van der Waals surface area contributed by atoms with Crippen molar-refractivity contribution in [2.75, 3.05) is 36.9 Å². The molecule has 1 heterocycles. The minimum Gasteiger partial charge on any atom is -0.370 e. The summed E-state index contributed by atoms with van der Waals surface area (Å²) in [5.41, 5.74) is 0.859. The average molecular weight is 305 g/mol. The summed E-state index contributed by atoms with van der Waals surface area (Å²) in [7, 11) is 1.49. The summed E-state index contributed by atoms with van der Waals surface area (Å²) in [5, 5.41) is 2.58. The van der Waals surface area contributed by atoms with E-state index in [4.69, 9.17) is 0 Å². The smallest absolute Gasteiger partial charge is 0.246 e. The fraction of sp³-hybridized carbons (Fsp3) is 0.375. The predicted octanol–water partition coefficient (Wildman–Crippen LogP) is 2.01. The van der Waals surface area contributed by atoms with Crippen LogP contribution in [0.4, 0.5) is 15.8 Å². The minimum atomic E-state index is -0.476. The van der Waals surface area contributed by atoms with Crippen LogP contribution in [-0.4, -0.2) is 43.4 Å². The lowest BCUT2D eigenvalue weighted by molar-refractivity contribution is -0.129. The van der Waals surface area contributed by atoms with Crippen molar-refractivity contribution in [1.82, 2.24) is 4.90 Å². The molecule has 0 aromatic heterocycles. The molecule has 1 saturated heterocycles. The number of hydrogen-bond acceptors (Lipinski definition) is 3. The summed E-state index contributed by atoms with van der Waals surface area (Å²) < 4.78 is 14.1. The Morgan fingerprint density at radius 1 is 1.41 bits per heavy atom. The third-order valence-corrected chi connectivity index (χ3v) is 3.63. The lowest BCUT2D eigenvalue weighted by Crippen LogP contribution is -2.34. The fourth-order valence-electron chi connectivity index (χ4n) is 2.49.